The monoisotopic (exact) mass is 986 g/mol. The van der Waals surface area contributed by atoms with Gasteiger partial charge in [-0.1, -0.05) is 80.6 Å². The van der Waals surface area contributed by atoms with Gasteiger partial charge in [-0.2, -0.15) is 0 Å². The van der Waals surface area contributed by atoms with Crippen molar-refractivity contribution in [1.29, 1.82) is 0 Å². The van der Waals surface area contributed by atoms with Gasteiger partial charge in [0.1, 0.15) is 35.2 Å². The maximum Gasteiger partial charge on any atom is 0.309 e. The fourth-order valence-electron chi connectivity index (χ4n) is 10.4. The van der Waals surface area contributed by atoms with Crippen LogP contribution >= 0.6 is 0 Å². The van der Waals surface area contributed by atoms with Crippen molar-refractivity contribution in [2.75, 3.05) is 0 Å². The number of quaternary nitrogens is 2. The second kappa shape index (κ2) is 22.7. The van der Waals surface area contributed by atoms with Crippen LogP contribution in [-0.2, 0) is 19.1 Å². The van der Waals surface area contributed by atoms with Gasteiger partial charge in [-0.05, 0) is 63.5 Å². The number of unbranched alkanes of at least 4 members (excludes halogenated alkanes) is 6. The van der Waals surface area contributed by atoms with Crippen molar-refractivity contribution in [2.24, 2.45) is 11.8 Å². The molecule has 4 aromatic rings. The van der Waals surface area contributed by atoms with Gasteiger partial charge in [0.25, 0.3) is 0 Å². The first-order valence-corrected chi connectivity index (χ1v) is 23.9. The summed E-state index contributed by atoms with van der Waals surface area (Å²) >= 11 is 0. The summed E-state index contributed by atoms with van der Waals surface area (Å²) in [5.41, 5.74) is 7.72. The average molecular weight is 988 g/mol. The Bertz CT molecular complexity index is 2440. The van der Waals surface area contributed by atoms with Crippen LogP contribution in [0.5, 0.6) is 23.0 Å². The van der Waals surface area contributed by atoms with Crippen molar-refractivity contribution in [3.05, 3.63) is 116 Å². The second-order valence-electron chi connectivity index (χ2n) is 18.9. The quantitative estimate of drug-likeness (QED) is 0.0452. The number of esters is 2. The van der Waals surface area contributed by atoms with Gasteiger partial charge in [-0.15, -0.1) is 0 Å². The maximum absolute atomic E-state index is 13.7. The number of halogens is 2. The zero-order valence-electron chi connectivity index (χ0n) is 38.5. The molecule has 0 aliphatic heterocycles. The number of phenolic OH excluding ortho intramolecular Hbond substituents is 4. The normalized spacial score (nSPS) is 20.2. The smallest absolute Gasteiger partial charge is 0.309 e. The molecule has 2 fully saturated rings. The van der Waals surface area contributed by atoms with E-state index in [-0.39, 0.29) is 104 Å². The minimum absolute atomic E-state index is 0. The second-order valence-corrected chi connectivity index (χ2v) is 18.9. The SMILES string of the molecule is [Cl-].[Cl-].[NH3+]C1CCC(C(=O)OC(CCCCCCCCCC(OC(=O)C2CCC([NH3+])CC2)c2cc(O)c3c(c2O)C(=O)c2ccccc2C3=O)c2cc(O)c3c(c2O)C(=O)c2ccccc2C3=O)CC1. The molecule has 0 amide bonds. The molecule has 0 heterocycles. The Kier molecular flexibility index (Phi) is 17.3. The summed E-state index contributed by atoms with van der Waals surface area (Å²) in [6.45, 7) is 0. The van der Waals surface area contributed by atoms with Gasteiger partial charge in [0.15, 0.2) is 23.1 Å². The van der Waals surface area contributed by atoms with Gasteiger partial charge in [0, 0.05) is 59.1 Å². The van der Waals surface area contributed by atoms with E-state index in [2.05, 4.69) is 11.5 Å². The number of hydrogen-bond acceptors (Lipinski definition) is 12. The number of rotatable bonds is 16. The van der Waals surface area contributed by atoms with Crippen molar-refractivity contribution >= 4 is 35.1 Å². The van der Waals surface area contributed by atoms with Crippen molar-refractivity contribution in [3.8, 4) is 23.0 Å². The number of benzene rings is 4. The highest BCUT2D eigenvalue weighted by Crippen LogP contribution is 2.46. The predicted octanol–water partition coefficient (Wildman–Crippen LogP) is 1.05. The molecule has 4 aliphatic carbocycles. The van der Waals surface area contributed by atoms with E-state index in [9.17, 15) is 49.2 Å². The Labute approximate surface area is 413 Å². The Hall–Kier alpha value is -5.80. The summed E-state index contributed by atoms with van der Waals surface area (Å²) in [4.78, 5) is 81.3. The van der Waals surface area contributed by atoms with E-state index in [0.717, 1.165) is 57.8 Å². The van der Waals surface area contributed by atoms with E-state index >= 15 is 0 Å². The van der Waals surface area contributed by atoms with Crippen LogP contribution in [0.3, 0.4) is 0 Å². The van der Waals surface area contributed by atoms with Crippen LogP contribution in [0.25, 0.3) is 0 Å². The molecule has 8 rings (SSSR count). The fraction of sp³-hybridized carbons (Fsp3) is 0.434. The van der Waals surface area contributed by atoms with Crippen molar-refractivity contribution in [2.45, 2.75) is 133 Å². The Morgan fingerprint density at radius 1 is 0.478 bits per heavy atom. The first-order valence-electron chi connectivity index (χ1n) is 23.9. The summed E-state index contributed by atoms with van der Waals surface area (Å²) in [5.74, 6) is -5.80. The number of phenols is 4. The molecule has 4 aromatic carbocycles. The number of carbonyl (C=O) groups excluding carboxylic acids is 6. The lowest BCUT2D eigenvalue weighted by molar-refractivity contribution is -0.426. The molecule has 2 unspecified atom stereocenters. The largest absolute Gasteiger partial charge is 1.00 e. The van der Waals surface area contributed by atoms with E-state index < -0.39 is 70.3 Å². The van der Waals surface area contributed by atoms with E-state index in [4.69, 9.17) is 9.47 Å². The summed E-state index contributed by atoms with van der Waals surface area (Å²) in [6, 6.07) is 15.5. The highest BCUT2D eigenvalue weighted by atomic mass is 35.5. The summed E-state index contributed by atoms with van der Waals surface area (Å²) < 4.78 is 12.2. The van der Waals surface area contributed by atoms with Crippen LogP contribution < -0.4 is 36.3 Å². The van der Waals surface area contributed by atoms with Crippen LogP contribution in [-0.4, -0.2) is 67.6 Å². The number of hydrogen-bond donors (Lipinski definition) is 6. The lowest BCUT2D eigenvalue weighted by atomic mass is 9.81. The number of ketones is 4. The standard InChI is InChI=1S/C53H58N2O12.2ClH/c54-30-22-18-28(19-23-30)52(64)66-40(36-26-38(56)42-44(50(36)62)48(60)34-14-10-8-12-32(34)46(42)58)16-6-4-2-1-3-5-7-17-41(67-53(65)29-20-24-31(55)25-21-29)37-27-39(57)43-45(51(37)63)49(61)35-15-11-9-13-33(35)47(43)59;;/h8-15,26-31,40-41,56-57,62-63H,1-7,16-25,54-55H2;2*1H. The Balaban J connectivity index is 0.00000391. The zero-order valence-corrected chi connectivity index (χ0v) is 40.0. The number of fused-ring (bicyclic) bond motifs is 4. The van der Waals surface area contributed by atoms with Crippen molar-refractivity contribution in [1.82, 2.24) is 0 Å². The number of ether oxygens (including phenoxy) is 2. The van der Waals surface area contributed by atoms with E-state index in [0.29, 0.717) is 51.4 Å². The molecule has 368 valence electrons. The van der Waals surface area contributed by atoms with Gasteiger partial charge in [0.05, 0.1) is 46.2 Å². The molecule has 0 spiro atoms. The molecule has 0 bridgehead atoms. The molecule has 4 aliphatic rings. The molecule has 2 saturated carbocycles. The highest BCUT2D eigenvalue weighted by Gasteiger charge is 2.40. The summed E-state index contributed by atoms with van der Waals surface area (Å²) in [5, 5.41) is 45.6. The Morgan fingerprint density at radius 2 is 0.768 bits per heavy atom. The third kappa shape index (κ3) is 10.8. The third-order valence-electron chi connectivity index (χ3n) is 14.4. The lowest BCUT2D eigenvalue weighted by Gasteiger charge is -2.27. The van der Waals surface area contributed by atoms with Crippen LogP contribution in [0.1, 0.15) is 196 Å². The molecular weight excluding hydrogens is 927 g/mol. The van der Waals surface area contributed by atoms with Crippen molar-refractivity contribution < 1.29 is 94.9 Å². The highest BCUT2D eigenvalue weighted by molar-refractivity contribution is 6.31. The molecule has 69 heavy (non-hydrogen) atoms. The third-order valence-corrected chi connectivity index (χ3v) is 14.4. The van der Waals surface area contributed by atoms with Crippen LogP contribution in [0, 0.1) is 11.8 Å². The van der Waals surface area contributed by atoms with Gasteiger partial charge in [0.2, 0.25) is 0 Å². The van der Waals surface area contributed by atoms with Gasteiger partial charge >= 0.3 is 11.9 Å². The predicted molar refractivity (Wildman–Crippen MR) is 243 cm³/mol. The van der Waals surface area contributed by atoms with Crippen LogP contribution in [0.15, 0.2) is 60.7 Å². The minimum atomic E-state index is -0.989. The topological polar surface area (TPSA) is 257 Å². The fourth-order valence-corrected chi connectivity index (χ4v) is 10.4. The summed E-state index contributed by atoms with van der Waals surface area (Å²) in [7, 11) is 0. The van der Waals surface area contributed by atoms with E-state index in [1.165, 1.54) is 36.4 Å². The van der Waals surface area contributed by atoms with Crippen LogP contribution in [0.4, 0.5) is 0 Å². The van der Waals surface area contributed by atoms with E-state index in [1.807, 2.05) is 0 Å². The zero-order chi connectivity index (χ0) is 47.5. The first kappa shape index (κ1) is 52.6. The lowest BCUT2D eigenvalue weighted by Crippen LogP contribution is -3.00. The maximum atomic E-state index is 13.7. The molecule has 10 N–H and O–H groups in total. The number of carbonyl (C=O) groups is 6. The van der Waals surface area contributed by atoms with Gasteiger partial charge in [-0.25, -0.2) is 0 Å². The first-order chi connectivity index (χ1) is 32.2. The van der Waals surface area contributed by atoms with Crippen LogP contribution in [0.2, 0.25) is 0 Å². The minimum Gasteiger partial charge on any atom is -1.00 e. The molecule has 0 saturated heterocycles. The molecule has 0 aromatic heterocycles. The van der Waals surface area contributed by atoms with Gasteiger partial charge in [-0.3, -0.25) is 28.8 Å². The molecule has 14 nitrogen and oxygen atoms in total. The Morgan fingerprint density at radius 3 is 1.09 bits per heavy atom. The summed E-state index contributed by atoms with van der Waals surface area (Å²) in [6.07, 6.45) is 9.32. The molecule has 16 heteroatoms. The molecular formula is C53H60Cl2N2O12. The van der Waals surface area contributed by atoms with Crippen molar-refractivity contribution in [3.63, 3.8) is 0 Å². The van der Waals surface area contributed by atoms with Gasteiger partial charge < -0.3 is 66.2 Å². The average Bonchev–Trinajstić information content (AvgIpc) is 3.32. The number of aromatic hydroxyl groups is 4. The molecule has 2 atom stereocenters. The van der Waals surface area contributed by atoms with E-state index in [1.54, 1.807) is 24.3 Å². The molecule has 0 radical (unpaired) electrons.